The lowest BCUT2D eigenvalue weighted by atomic mass is 10.2. The molecule has 0 heterocycles. The molecule has 0 saturated carbocycles. The molecule has 0 atom stereocenters. The highest BCUT2D eigenvalue weighted by atomic mass is 16.5. The molecule has 0 fully saturated rings. The number of nitrogens with zero attached hydrogens (tertiary/aromatic N) is 1. The van der Waals surface area contributed by atoms with Crippen molar-refractivity contribution in [3.63, 3.8) is 0 Å². The van der Waals surface area contributed by atoms with Gasteiger partial charge in [-0.25, -0.2) is 4.79 Å². The van der Waals surface area contributed by atoms with E-state index >= 15 is 0 Å². The highest BCUT2D eigenvalue weighted by Gasteiger charge is 2.00. The van der Waals surface area contributed by atoms with Crippen molar-refractivity contribution in [2.45, 2.75) is 26.8 Å². The minimum atomic E-state index is -0.964. The number of carboxylic acids is 1. The van der Waals surface area contributed by atoms with Crippen molar-refractivity contribution in [3.8, 4) is 5.75 Å². The lowest BCUT2D eigenvalue weighted by Crippen LogP contribution is -2.27. The molecular formula is C16H26N2O3. The molecule has 5 heteroatoms. The fourth-order valence-corrected chi connectivity index (χ4v) is 2.05. The van der Waals surface area contributed by atoms with Crippen LogP contribution in [0.3, 0.4) is 0 Å². The van der Waals surface area contributed by atoms with E-state index in [9.17, 15) is 4.79 Å². The first kappa shape index (κ1) is 17.5. The van der Waals surface area contributed by atoms with Crippen LogP contribution in [-0.2, 0) is 11.3 Å². The smallest absolute Gasteiger partial charge is 0.341 e. The summed E-state index contributed by atoms with van der Waals surface area (Å²) in [6.45, 7) is 9.22. The third-order valence-electron chi connectivity index (χ3n) is 3.34. The van der Waals surface area contributed by atoms with Crippen molar-refractivity contribution in [1.82, 2.24) is 10.2 Å². The first-order chi connectivity index (χ1) is 10.2. The fourth-order valence-electron chi connectivity index (χ4n) is 2.05. The minimum Gasteiger partial charge on any atom is -0.482 e. The molecule has 5 nitrogen and oxygen atoms in total. The van der Waals surface area contributed by atoms with Gasteiger partial charge in [0.25, 0.3) is 0 Å². The highest BCUT2D eigenvalue weighted by Crippen LogP contribution is 2.11. The van der Waals surface area contributed by atoms with Gasteiger partial charge < -0.3 is 20.1 Å². The third-order valence-corrected chi connectivity index (χ3v) is 3.34. The van der Waals surface area contributed by atoms with E-state index in [1.807, 2.05) is 12.1 Å². The number of carbonyl (C=O) groups is 1. The van der Waals surface area contributed by atoms with E-state index in [1.54, 1.807) is 12.1 Å². The molecule has 0 aliphatic rings. The van der Waals surface area contributed by atoms with Crippen LogP contribution < -0.4 is 10.1 Å². The van der Waals surface area contributed by atoms with Crippen LogP contribution in [0.15, 0.2) is 24.3 Å². The fraction of sp³-hybridized carbons (Fsp3) is 0.562. The second kappa shape index (κ2) is 10.2. The molecule has 0 aliphatic heterocycles. The standard InChI is InChI=1S/C16H26N2O3/c1-3-18(4-2)11-5-10-17-12-14-6-8-15(9-7-14)21-13-16(19)20/h6-9,17H,3-5,10-13H2,1-2H3,(H,19,20). The van der Waals surface area contributed by atoms with Crippen LogP contribution in [0.25, 0.3) is 0 Å². The van der Waals surface area contributed by atoms with Gasteiger partial charge in [-0.3, -0.25) is 0 Å². The second-order valence-electron chi connectivity index (χ2n) is 4.88. The molecule has 1 aromatic rings. The first-order valence-corrected chi connectivity index (χ1v) is 7.52. The maximum atomic E-state index is 10.4. The Morgan fingerprint density at radius 1 is 1.24 bits per heavy atom. The van der Waals surface area contributed by atoms with Crippen LogP contribution in [0.4, 0.5) is 0 Å². The van der Waals surface area contributed by atoms with E-state index in [2.05, 4.69) is 24.1 Å². The normalized spacial score (nSPS) is 10.8. The zero-order chi connectivity index (χ0) is 15.5. The maximum Gasteiger partial charge on any atom is 0.341 e. The summed E-state index contributed by atoms with van der Waals surface area (Å²) >= 11 is 0. The first-order valence-electron chi connectivity index (χ1n) is 7.52. The van der Waals surface area contributed by atoms with Crippen molar-refractivity contribution in [2.24, 2.45) is 0 Å². The summed E-state index contributed by atoms with van der Waals surface area (Å²) in [5.74, 6) is -0.378. The highest BCUT2D eigenvalue weighted by molar-refractivity contribution is 5.68. The van der Waals surface area contributed by atoms with E-state index in [-0.39, 0.29) is 6.61 Å². The quantitative estimate of drug-likeness (QED) is 0.611. The van der Waals surface area contributed by atoms with Crippen molar-refractivity contribution >= 4 is 5.97 Å². The molecule has 0 saturated heterocycles. The summed E-state index contributed by atoms with van der Waals surface area (Å²) in [5, 5.41) is 11.9. The largest absolute Gasteiger partial charge is 0.482 e. The Bertz CT molecular complexity index is 402. The van der Waals surface area contributed by atoms with E-state index in [0.29, 0.717) is 5.75 Å². The van der Waals surface area contributed by atoms with Gasteiger partial charge in [-0.05, 0) is 50.3 Å². The van der Waals surface area contributed by atoms with Crippen molar-refractivity contribution in [2.75, 3.05) is 32.8 Å². The van der Waals surface area contributed by atoms with E-state index in [1.165, 1.54) is 5.56 Å². The van der Waals surface area contributed by atoms with Crippen LogP contribution in [0.5, 0.6) is 5.75 Å². The van der Waals surface area contributed by atoms with Gasteiger partial charge in [0, 0.05) is 6.54 Å². The van der Waals surface area contributed by atoms with Crippen LogP contribution in [0, 0.1) is 0 Å². The lowest BCUT2D eigenvalue weighted by molar-refractivity contribution is -0.139. The van der Waals surface area contributed by atoms with Crippen LogP contribution in [-0.4, -0.2) is 48.8 Å². The van der Waals surface area contributed by atoms with Gasteiger partial charge in [0.05, 0.1) is 0 Å². The summed E-state index contributed by atoms with van der Waals surface area (Å²) in [6.07, 6.45) is 1.14. The van der Waals surface area contributed by atoms with Crippen molar-refractivity contribution < 1.29 is 14.6 Å². The van der Waals surface area contributed by atoms with Gasteiger partial charge in [0.1, 0.15) is 5.75 Å². The van der Waals surface area contributed by atoms with Crippen molar-refractivity contribution in [3.05, 3.63) is 29.8 Å². The molecule has 0 aliphatic carbocycles. The predicted octanol–water partition coefficient (Wildman–Crippen LogP) is 1.97. The molecular weight excluding hydrogens is 268 g/mol. The lowest BCUT2D eigenvalue weighted by Gasteiger charge is -2.17. The van der Waals surface area contributed by atoms with Crippen LogP contribution in [0.1, 0.15) is 25.8 Å². The van der Waals surface area contributed by atoms with Gasteiger partial charge in [0.2, 0.25) is 0 Å². The molecule has 1 aromatic carbocycles. The summed E-state index contributed by atoms with van der Waals surface area (Å²) < 4.78 is 5.09. The minimum absolute atomic E-state index is 0.303. The Morgan fingerprint density at radius 2 is 1.90 bits per heavy atom. The Balaban J connectivity index is 2.19. The van der Waals surface area contributed by atoms with Crippen LogP contribution in [0.2, 0.25) is 0 Å². The number of nitrogens with one attached hydrogen (secondary N) is 1. The number of benzene rings is 1. The predicted molar refractivity (Wildman–Crippen MR) is 83.7 cm³/mol. The second-order valence-corrected chi connectivity index (χ2v) is 4.88. The number of aliphatic carboxylic acids is 1. The molecule has 0 amide bonds. The Hall–Kier alpha value is -1.59. The number of hydrogen-bond donors (Lipinski definition) is 2. The van der Waals surface area contributed by atoms with E-state index < -0.39 is 5.97 Å². The van der Waals surface area contributed by atoms with Crippen molar-refractivity contribution in [1.29, 1.82) is 0 Å². The number of hydrogen-bond acceptors (Lipinski definition) is 4. The number of ether oxygens (including phenoxy) is 1. The molecule has 0 spiro atoms. The summed E-state index contributed by atoms with van der Waals surface area (Å²) in [5.41, 5.74) is 1.17. The molecule has 1 rings (SSSR count). The average Bonchev–Trinajstić information content (AvgIpc) is 2.50. The molecule has 21 heavy (non-hydrogen) atoms. The zero-order valence-electron chi connectivity index (χ0n) is 13.0. The molecule has 0 radical (unpaired) electrons. The molecule has 118 valence electrons. The monoisotopic (exact) mass is 294 g/mol. The van der Waals surface area contributed by atoms with Gasteiger partial charge in [-0.2, -0.15) is 0 Å². The van der Waals surface area contributed by atoms with Gasteiger partial charge in [-0.1, -0.05) is 26.0 Å². The Morgan fingerprint density at radius 3 is 2.48 bits per heavy atom. The topological polar surface area (TPSA) is 61.8 Å². The zero-order valence-corrected chi connectivity index (χ0v) is 13.0. The summed E-state index contributed by atoms with van der Waals surface area (Å²) in [4.78, 5) is 12.8. The molecule has 0 unspecified atom stereocenters. The van der Waals surface area contributed by atoms with Crippen LogP contribution >= 0.6 is 0 Å². The molecule has 2 N–H and O–H groups in total. The summed E-state index contributed by atoms with van der Waals surface area (Å²) in [6, 6.07) is 7.51. The van der Waals surface area contributed by atoms with E-state index in [4.69, 9.17) is 9.84 Å². The molecule has 0 aromatic heterocycles. The Labute approximate surface area is 126 Å². The third kappa shape index (κ3) is 7.68. The summed E-state index contributed by atoms with van der Waals surface area (Å²) in [7, 11) is 0. The Kier molecular flexibility index (Phi) is 8.47. The maximum absolute atomic E-state index is 10.4. The van der Waals surface area contributed by atoms with Gasteiger partial charge >= 0.3 is 5.97 Å². The van der Waals surface area contributed by atoms with Gasteiger partial charge in [-0.15, -0.1) is 0 Å². The number of carboxylic acid groups (broad SMARTS) is 1. The average molecular weight is 294 g/mol. The molecule has 0 bridgehead atoms. The van der Waals surface area contributed by atoms with E-state index in [0.717, 1.165) is 39.1 Å². The van der Waals surface area contributed by atoms with Gasteiger partial charge in [0.15, 0.2) is 6.61 Å². The SMILES string of the molecule is CCN(CC)CCCNCc1ccc(OCC(=O)O)cc1. The number of rotatable bonds is 11.